The molecule has 1 atom stereocenters. The van der Waals surface area contributed by atoms with Gasteiger partial charge in [0.15, 0.2) is 5.52 Å². The number of hydroxylamine groups is 1. The minimum absolute atomic E-state index is 0.209. The molecule has 1 aliphatic carbocycles. The van der Waals surface area contributed by atoms with Crippen molar-refractivity contribution in [2.45, 2.75) is 52.4 Å². The number of carbonyl (C=O) groups is 1. The second-order valence-electron chi connectivity index (χ2n) is 8.68. The number of hydrogen-bond acceptors (Lipinski definition) is 6. The van der Waals surface area contributed by atoms with Gasteiger partial charge in [-0.2, -0.15) is 5.10 Å². The van der Waals surface area contributed by atoms with Crippen molar-refractivity contribution in [2.75, 3.05) is 6.61 Å². The van der Waals surface area contributed by atoms with E-state index < -0.39 is 0 Å². The topological polar surface area (TPSA) is 122 Å². The Hall–Kier alpha value is -3.46. The Labute approximate surface area is 197 Å². The molecule has 3 N–H and O–H groups in total. The van der Waals surface area contributed by atoms with E-state index in [4.69, 9.17) is 14.9 Å². The molecule has 0 spiro atoms. The molecule has 1 unspecified atom stereocenters. The molecular formula is C25H31N5O4. The van der Waals surface area contributed by atoms with Gasteiger partial charge in [0.25, 0.3) is 5.56 Å². The van der Waals surface area contributed by atoms with Crippen LogP contribution in [0, 0.1) is 5.92 Å². The first kappa shape index (κ1) is 23.7. The van der Waals surface area contributed by atoms with Gasteiger partial charge in [0.05, 0.1) is 17.9 Å². The second kappa shape index (κ2) is 10.2. The number of amides is 1. The molecule has 180 valence electrons. The highest BCUT2D eigenvalue weighted by atomic mass is 16.5. The number of H-pyrrole nitrogens is 1. The van der Waals surface area contributed by atoms with Crippen LogP contribution in [0.4, 0.5) is 0 Å². The average molecular weight is 466 g/mol. The maximum atomic E-state index is 13.0. The summed E-state index contributed by atoms with van der Waals surface area (Å²) < 4.78 is 7.46. The van der Waals surface area contributed by atoms with E-state index in [1.54, 1.807) is 17.2 Å². The highest BCUT2D eigenvalue weighted by molar-refractivity contribution is 5.81. The number of carbonyl (C=O) groups excluding carboxylic acids is 1. The molecule has 0 aliphatic heterocycles. The summed E-state index contributed by atoms with van der Waals surface area (Å²) in [5, 5.41) is 13.3. The first-order chi connectivity index (χ1) is 16.4. The molecule has 0 fully saturated rings. The molecule has 9 nitrogen and oxygen atoms in total. The number of allylic oxidation sites excluding steroid dienone is 2. The lowest BCUT2D eigenvalue weighted by atomic mass is 9.84. The van der Waals surface area contributed by atoms with Gasteiger partial charge in [0, 0.05) is 13.5 Å². The number of rotatable bonds is 8. The van der Waals surface area contributed by atoms with Gasteiger partial charge >= 0.3 is 0 Å². The molecule has 1 aromatic carbocycles. The molecule has 1 amide bonds. The molecule has 2 aromatic heterocycles. The summed E-state index contributed by atoms with van der Waals surface area (Å²) in [5.74, 6) is 0.972. The van der Waals surface area contributed by atoms with Crippen LogP contribution in [-0.4, -0.2) is 37.5 Å². The van der Waals surface area contributed by atoms with Crippen LogP contribution in [0.1, 0.15) is 57.2 Å². The van der Waals surface area contributed by atoms with E-state index >= 15 is 0 Å². The van der Waals surface area contributed by atoms with Crippen molar-refractivity contribution < 1.29 is 14.7 Å². The van der Waals surface area contributed by atoms with E-state index in [2.05, 4.69) is 23.1 Å². The van der Waals surface area contributed by atoms with E-state index in [-0.39, 0.29) is 17.4 Å². The fourth-order valence-corrected chi connectivity index (χ4v) is 4.62. The Kier molecular flexibility index (Phi) is 7.12. The Balaban J connectivity index is 1.74. The van der Waals surface area contributed by atoms with Crippen LogP contribution in [0.25, 0.3) is 28.0 Å². The predicted molar refractivity (Wildman–Crippen MR) is 130 cm³/mol. The quantitative estimate of drug-likeness (QED) is 0.344. The van der Waals surface area contributed by atoms with Gasteiger partial charge in [-0.05, 0) is 61.8 Å². The van der Waals surface area contributed by atoms with Gasteiger partial charge in [-0.3, -0.25) is 19.5 Å². The number of nitrogens with zero attached hydrogens (tertiary/aromatic N) is 3. The van der Waals surface area contributed by atoms with Crippen LogP contribution in [0.3, 0.4) is 0 Å². The standard InChI is InChI=1S/C25H31N5O4/c1-4-6-19-22-23(30(3)28-19)25(32)27-24(26-22)18-14-17(11-12-20(18)34-5-2)16-9-7-15(8-10-16)13-21(31)29-33/h9,11-12,14-15,33H,4-8,10,13H2,1-3H3,(H,29,31)(H,26,27,32). The zero-order valence-corrected chi connectivity index (χ0v) is 19.9. The van der Waals surface area contributed by atoms with Crippen molar-refractivity contribution in [3.63, 3.8) is 0 Å². The van der Waals surface area contributed by atoms with Gasteiger partial charge < -0.3 is 9.72 Å². The normalized spacial score (nSPS) is 15.9. The fourth-order valence-electron chi connectivity index (χ4n) is 4.62. The lowest BCUT2D eigenvalue weighted by Gasteiger charge is -2.22. The number of nitrogens with one attached hydrogen (secondary N) is 2. The molecule has 0 saturated heterocycles. The number of aromatic amines is 1. The molecule has 9 heteroatoms. The maximum absolute atomic E-state index is 13.0. The van der Waals surface area contributed by atoms with E-state index in [9.17, 15) is 9.59 Å². The molecule has 34 heavy (non-hydrogen) atoms. The first-order valence-corrected chi connectivity index (χ1v) is 11.8. The van der Waals surface area contributed by atoms with E-state index in [1.165, 1.54) is 5.57 Å². The van der Waals surface area contributed by atoms with Crippen LogP contribution in [0.2, 0.25) is 0 Å². The molecule has 0 radical (unpaired) electrons. The summed E-state index contributed by atoms with van der Waals surface area (Å²) in [6.45, 7) is 4.48. The van der Waals surface area contributed by atoms with Gasteiger partial charge in [0.2, 0.25) is 5.91 Å². The van der Waals surface area contributed by atoms with Crippen LogP contribution in [0.5, 0.6) is 5.75 Å². The molecule has 4 rings (SSSR count). The predicted octanol–water partition coefficient (Wildman–Crippen LogP) is 3.75. The highest BCUT2D eigenvalue weighted by Gasteiger charge is 2.21. The average Bonchev–Trinajstić information content (AvgIpc) is 3.15. The lowest BCUT2D eigenvalue weighted by Crippen LogP contribution is -2.22. The summed E-state index contributed by atoms with van der Waals surface area (Å²) >= 11 is 0. The SMILES string of the molecule is CCCc1nn(C)c2c(=O)[nH]c(-c3cc(C4=CCC(CC(=O)NO)CC4)ccc3OCC)nc12. The molecule has 2 heterocycles. The molecular weight excluding hydrogens is 434 g/mol. The van der Waals surface area contributed by atoms with Crippen LogP contribution < -0.4 is 15.8 Å². The molecule has 0 bridgehead atoms. The summed E-state index contributed by atoms with van der Waals surface area (Å²) in [5.41, 5.74) is 6.33. The zero-order chi connectivity index (χ0) is 24.2. The summed E-state index contributed by atoms with van der Waals surface area (Å²) in [6.07, 6.45) is 6.56. The van der Waals surface area contributed by atoms with Crippen molar-refractivity contribution in [2.24, 2.45) is 13.0 Å². The third-order valence-corrected chi connectivity index (χ3v) is 6.27. The van der Waals surface area contributed by atoms with Gasteiger partial charge in [-0.25, -0.2) is 10.5 Å². The molecule has 0 saturated carbocycles. The van der Waals surface area contributed by atoms with Crippen molar-refractivity contribution in [3.05, 3.63) is 45.9 Å². The molecule has 1 aliphatic rings. The lowest BCUT2D eigenvalue weighted by molar-refractivity contribution is -0.130. The fraction of sp³-hybridized carbons (Fsp3) is 0.440. The van der Waals surface area contributed by atoms with Gasteiger partial charge in [-0.15, -0.1) is 0 Å². The van der Waals surface area contributed by atoms with Crippen molar-refractivity contribution in [3.8, 4) is 17.1 Å². The summed E-state index contributed by atoms with van der Waals surface area (Å²) in [7, 11) is 1.76. The number of fused-ring (bicyclic) bond motifs is 1. The van der Waals surface area contributed by atoms with E-state index in [0.29, 0.717) is 35.6 Å². The monoisotopic (exact) mass is 465 g/mol. The number of benzene rings is 1. The Morgan fingerprint density at radius 2 is 2.18 bits per heavy atom. The van der Waals surface area contributed by atoms with E-state index in [1.807, 2.05) is 25.1 Å². The number of aromatic nitrogens is 4. The second-order valence-corrected chi connectivity index (χ2v) is 8.68. The van der Waals surface area contributed by atoms with Crippen LogP contribution in [-0.2, 0) is 18.3 Å². The minimum atomic E-state index is -0.353. The molecule has 3 aromatic rings. The number of aryl methyl sites for hydroxylation is 2. The number of hydrogen-bond donors (Lipinski definition) is 3. The third-order valence-electron chi connectivity index (χ3n) is 6.27. The van der Waals surface area contributed by atoms with Crippen LogP contribution in [0.15, 0.2) is 29.1 Å². The largest absolute Gasteiger partial charge is 0.493 e. The third kappa shape index (κ3) is 4.75. The van der Waals surface area contributed by atoms with Crippen molar-refractivity contribution in [1.29, 1.82) is 0 Å². The number of ether oxygens (including phenoxy) is 1. The first-order valence-electron chi connectivity index (χ1n) is 11.8. The summed E-state index contributed by atoms with van der Waals surface area (Å²) in [6, 6.07) is 5.95. The Morgan fingerprint density at radius 1 is 1.35 bits per heavy atom. The van der Waals surface area contributed by atoms with Crippen molar-refractivity contribution >= 4 is 22.5 Å². The van der Waals surface area contributed by atoms with Crippen LogP contribution >= 0.6 is 0 Å². The highest BCUT2D eigenvalue weighted by Crippen LogP contribution is 2.36. The van der Waals surface area contributed by atoms with Crippen molar-refractivity contribution in [1.82, 2.24) is 25.2 Å². The summed E-state index contributed by atoms with van der Waals surface area (Å²) in [4.78, 5) is 32.2. The Morgan fingerprint density at radius 3 is 2.85 bits per heavy atom. The van der Waals surface area contributed by atoms with Gasteiger partial charge in [0.1, 0.15) is 17.1 Å². The minimum Gasteiger partial charge on any atom is -0.493 e. The Bertz CT molecular complexity index is 1290. The zero-order valence-electron chi connectivity index (χ0n) is 19.9. The smallest absolute Gasteiger partial charge is 0.277 e. The van der Waals surface area contributed by atoms with E-state index in [0.717, 1.165) is 48.9 Å². The maximum Gasteiger partial charge on any atom is 0.277 e. The van der Waals surface area contributed by atoms with Gasteiger partial charge in [-0.1, -0.05) is 25.5 Å².